The lowest BCUT2D eigenvalue weighted by Crippen LogP contribution is -2.35. The summed E-state index contributed by atoms with van der Waals surface area (Å²) in [6.07, 6.45) is 0.870. The molecule has 0 spiro atoms. The maximum Gasteiger partial charge on any atom is 0.243 e. The van der Waals surface area contributed by atoms with Crippen molar-refractivity contribution in [1.82, 2.24) is 10.0 Å². The SMILES string of the molecule is CNC(=O)CNS(=O)(=O)c1cc(S(C)(=O)=O)ccc1F. The van der Waals surface area contributed by atoms with Crippen LogP contribution in [-0.4, -0.2) is 42.6 Å². The van der Waals surface area contributed by atoms with Crippen LogP contribution in [0.1, 0.15) is 0 Å². The van der Waals surface area contributed by atoms with E-state index in [4.69, 9.17) is 0 Å². The van der Waals surface area contributed by atoms with Crippen LogP contribution in [0.2, 0.25) is 0 Å². The second-order valence-electron chi connectivity index (χ2n) is 3.86. The largest absolute Gasteiger partial charge is 0.358 e. The highest BCUT2D eigenvalue weighted by Crippen LogP contribution is 2.19. The molecule has 0 heterocycles. The molecule has 20 heavy (non-hydrogen) atoms. The van der Waals surface area contributed by atoms with Crippen molar-refractivity contribution in [2.75, 3.05) is 19.8 Å². The van der Waals surface area contributed by atoms with Crippen LogP contribution >= 0.6 is 0 Å². The first-order valence-electron chi connectivity index (χ1n) is 5.28. The summed E-state index contributed by atoms with van der Waals surface area (Å²) in [5.74, 6) is -1.73. The number of likely N-dealkylation sites (N-methyl/N-ethyl adjacent to an activating group) is 1. The molecular weight excluding hydrogens is 311 g/mol. The number of benzene rings is 1. The number of sulfonamides is 1. The van der Waals surface area contributed by atoms with Gasteiger partial charge in [-0.25, -0.2) is 25.9 Å². The van der Waals surface area contributed by atoms with Gasteiger partial charge in [0.1, 0.15) is 10.7 Å². The lowest BCUT2D eigenvalue weighted by Gasteiger charge is -2.08. The second kappa shape index (κ2) is 5.85. The molecule has 1 rings (SSSR count). The Morgan fingerprint density at radius 2 is 1.85 bits per heavy atom. The molecule has 1 aromatic carbocycles. The van der Waals surface area contributed by atoms with Crippen molar-refractivity contribution in [3.05, 3.63) is 24.0 Å². The maximum atomic E-state index is 13.5. The molecule has 0 aliphatic carbocycles. The fraction of sp³-hybridized carbons (Fsp3) is 0.300. The Hall–Kier alpha value is -1.52. The third kappa shape index (κ3) is 3.99. The minimum absolute atomic E-state index is 0.334. The first-order valence-corrected chi connectivity index (χ1v) is 8.65. The van der Waals surface area contributed by atoms with Gasteiger partial charge in [-0.3, -0.25) is 4.79 Å². The van der Waals surface area contributed by atoms with Gasteiger partial charge < -0.3 is 5.32 Å². The minimum Gasteiger partial charge on any atom is -0.358 e. The van der Waals surface area contributed by atoms with Crippen molar-refractivity contribution in [3.63, 3.8) is 0 Å². The van der Waals surface area contributed by atoms with E-state index in [1.807, 2.05) is 4.72 Å². The van der Waals surface area contributed by atoms with E-state index in [1.54, 1.807) is 0 Å². The molecular formula is C10H13FN2O5S2. The highest BCUT2D eigenvalue weighted by Gasteiger charge is 2.22. The van der Waals surface area contributed by atoms with Crippen LogP contribution in [-0.2, 0) is 24.7 Å². The number of carbonyl (C=O) groups excluding carboxylic acids is 1. The van der Waals surface area contributed by atoms with Crippen LogP contribution in [0.4, 0.5) is 4.39 Å². The molecule has 0 saturated carbocycles. The monoisotopic (exact) mass is 324 g/mol. The van der Waals surface area contributed by atoms with Gasteiger partial charge in [0.15, 0.2) is 9.84 Å². The van der Waals surface area contributed by atoms with Crippen LogP contribution in [0.5, 0.6) is 0 Å². The molecule has 0 atom stereocenters. The first-order chi connectivity index (χ1) is 9.08. The molecule has 0 saturated heterocycles. The summed E-state index contributed by atoms with van der Waals surface area (Å²) in [6, 6.07) is 2.41. The molecule has 0 aliphatic heterocycles. The van der Waals surface area contributed by atoms with Gasteiger partial charge in [-0.15, -0.1) is 0 Å². The normalized spacial score (nSPS) is 12.2. The summed E-state index contributed by atoms with van der Waals surface area (Å²) in [5.41, 5.74) is 0. The van der Waals surface area contributed by atoms with Crippen LogP contribution < -0.4 is 10.0 Å². The molecule has 0 bridgehead atoms. The fourth-order valence-corrected chi connectivity index (χ4v) is 3.05. The van der Waals surface area contributed by atoms with Gasteiger partial charge in [0.25, 0.3) is 0 Å². The second-order valence-corrected chi connectivity index (χ2v) is 7.61. The summed E-state index contributed by atoms with van der Waals surface area (Å²) < 4.78 is 61.7. The van der Waals surface area contributed by atoms with Gasteiger partial charge in [-0.2, -0.15) is 0 Å². The zero-order valence-electron chi connectivity index (χ0n) is 10.7. The van der Waals surface area contributed by atoms with Gasteiger partial charge >= 0.3 is 0 Å². The van der Waals surface area contributed by atoms with Crippen molar-refractivity contribution < 1.29 is 26.0 Å². The van der Waals surface area contributed by atoms with Crippen LogP contribution in [0.25, 0.3) is 0 Å². The van der Waals surface area contributed by atoms with E-state index in [0.717, 1.165) is 18.4 Å². The topological polar surface area (TPSA) is 109 Å². The quantitative estimate of drug-likeness (QED) is 0.693. The maximum absolute atomic E-state index is 13.5. The zero-order valence-corrected chi connectivity index (χ0v) is 12.3. The van der Waals surface area contributed by atoms with E-state index in [1.165, 1.54) is 7.05 Å². The molecule has 1 amide bonds. The molecule has 0 aliphatic rings. The molecule has 0 fully saturated rings. The van der Waals surface area contributed by atoms with Gasteiger partial charge in [0.2, 0.25) is 15.9 Å². The van der Waals surface area contributed by atoms with Crippen LogP contribution in [0, 0.1) is 5.82 Å². The zero-order chi connectivity index (χ0) is 15.6. The minimum atomic E-state index is -4.33. The molecule has 2 N–H and O–H groups in total. The average Bonchev–Trinajstić information content (AvgIpc) is 2.34. The number of hydrogen-bond donors (Lipinski definition) is 2. The fourth-order valence-electron chi connectivity index (χ4n) is 1.25. The van der Waals surface area contributed by atoms with Gasteiger partial charge in [-0.1, -0.05) is 0 Å². The summed E-state index contributed by atoms with van der Waals surface area (Å²) in [6.45, 7) is -0.582. The Morgan fingerprint density at radius 3 is 2.35 bits per heavy atom. The predicted octanol–water partition coefficient (Wildman–Crippen LogP) is -0.747. The number of hydrogen-bond acceptors (Lipinski definition) is 5. The summed E-state index contributed by atoms with van der Waals surface area (Å²) in [5, 5.41) is 2.18. The van der Waals surface area contributed by atoms with E-state index >= 15 is 0 Å². The average molecular weight is 324 g/mol. The van der Waals surface area contributed by atoms with Crippen molar-refractivity contribution in [1.29, 1.82) is 0 Å². The third-order valence-electron chi connectivity index (χ3n) is 2.32. The van der Waals surface area contributed by atoms with Crippen LogP contribution in [0.15, 0.2) is 28.0 Å². The molecule has 1 aromatic rings. The predicted molar refractivity (Wildman–Crippen MR) is 68.8 cm³/mol. The summed E-state index contributed by atoms with van der Waals surface area (Å²) >= 11 is 0. The number of nitrogens with one attached hydrogen (secondary N) is 2. The summed E-state index contributed by atoms with van der Waals surface area (Å²) in [7, 11) is -6.70. The standard InChI is InChI=1S/C10H13FN2O5S2/c1-12-10(14)6-13-20(17,18)9-5-7(19(2,15)16)3-4-8(9)11/h3-5,13H,6H2,1-2H3,(H,12,14). The third-order valence-corrected chi connectivity index (χ3v) is 4.85. The number of amides is 1. The van der Waals surface area contributed by atoms with Gasteiger partial charge in [0.05, 0.1) is 11.4 Å². The number of rotatable bonds is 5. The number of carbonyl (C=O) groups is 1. The van der Waals surface area contributed by atoms with Crippen molar-refractivity contribution in [3.8, 4) is 0 Å². The van der Waals surface area contributed by atoms with E-state index in [0.29, 0.717) is 6.07 Å². The lowest BCUT2D eigenvalue weighted by molar-refractivity contribution is -0.119. The Labute approximate surface area is 116 Å². The molecule has 0 aromatic heterocycles. The number of halogens is 1. The highest BCUT2D eigenvalue weighted by atomic mass is 32.2. The van der Waals surface area contributed by atoms with E-state index in [2.05, 4.69) is 5.32 Å². The number of sulfone groups is 1. The summed E-state index contributed by atoms with van der Waals surface area (Å²) in [4.78, 5) is 9.81. The lowest BCUT2D eigenvalue weighted by atomic mass is 10.3. The first kappa shape index (κ1) is 16.5. The van der Waals surface area contributed by atoms with Gasteiger partial charge in [0, 0.05) is 13.3 Å². The molecule has 10 heteroatoms. The molecule has 112 valence electrons. The Bertz CT molecular complexity index is 728. The molecule has 0 radical (unpaired) electrons. The molecule has 7 nitrogen and oxygen atoms in total. The van der Waals surface area contributed by atoms with Crippen molar-refractivity contribution >= 4 is 25.8 Å². The van der Waals surface area contributed by atoms with E-state index in [9.17, 15) is 26.0 Å². The van der Waals surface area contributed by atoms with E-state index in [-0.39, 0.29) is 4.90 Å². The highest BCUT2D eigenvalue weighted by molar-refractivity contribution is 7.91. The van der Waals surface area contributed by atoms with Crippen molar-refractivity contribution in [2.24, 2.45) is 0 Å². The Balaban J connectivity index is 3.21. The van der Waals surface area contributed by atoms with Gasteiger partial charge in [-0.05, 0) is 18.2 Å². The smallest absolute Gasteiger partial charge is 0.243 e. The molecule has 0 unspecified atom stereocenters. The van der Waals surface area contributed by atoms with E-state index < -0.39 is 43.0 Å². The Kier molecular flexibility index (Phi) is 4.84. The van der Waals surface area contributed by atoms with Crippen molar-refractivity contribution in [2.45, 2.75) is 9.79 Å². The van der Waals surface area contributed by atoms with Crippen LogP contribution in [0.3, 0.4) is 0 Å². The Morgan fingerprint density at radius 1 is 1.25 bits per heavy atom.